The van der Waals surface area contributed by atoms with Crippen molar-refractivity contribution in [1.29, 1.82) is 0 Å². The van der Waals surface area contributed by atoms with Gasteiger partial charge in [-0.25, -0.2) is 0 Å². The Balaban J connectivity index is 1.38. The van der Waals surface area contributed by atoms with E-state index in [0.29, 0.717) is 11.4 Å². The molecule has 0 bridgehead atoms. The second kappa shape index (κ2) is 8.02. The molecule has 4 rings (SSSR count). The molecule has 27 heavy (non-hydrogen) atoms. The van der Waals surface area contributed by atoms with Crippen LogP contribution in [0.5, 0.6) is 0 Å². The molecule has 1 aromatic heterocycles. The molecule has 3 heterocycles. The summed E-state index contributed by atoms with van der Waals surface area (Å²) in [7, 11) is 0. The number of rotatable bonds is 4. The summed E-state index contributed by atoms with van der Waals surface area (Å²) in [6.45, 7) is 2.36. The molecular weight excluding hydrogens is 426 g/mol. The summed E-state index contributed by atoms with van der Waals surface area (Å²) in [6, 6.07) is 11.6. The molecule has 2 aliphatic rings. The van der Waals surface area contributed by atoms with Crippen LogP contribution in [0, 0.1) is 0 Å². The monoisotopic (exact) mass is 447 g/mol. The number of halogens is 1. The summed E-state index contributed by atoms with van der Waals surface area (Å²) < 4.78 is 1.07. The van der Waals surface area contributed by atoms with E-state index in [1.54, 1.807) is 4.90 Å². The van der Waals surface area contributed by atoms with Gasteiger partial charge in [-0.15, -0.1) is 11.3 Å². The fourth-order valence-corrected chi connectivity index (χ4v) is 5.14. The van der Waals surface area contributed by atoms with E-state index in [2.05, 4.69) is 32.2 Å². The Morgan fingerprint density at radius 3 is 2.74 bits per heavy atom. The normalized spacial score (nSPS) is 22.3. The number of hydrogen-bond donors (Lipinski definition) is 1. The highest BCUT2D eigenvalue weighted by molar-refractivity contribution is 9.10. The zero-order chi connectivity index (χ0) is 18.8. The third-order valence-electron chi connectivity index (χ3n) is 5.28. The maximum atomic E-state index is 12.9. The fraction of sp³-hybridized carbons (Fsp3) is 0.400. The van der Waals surface area contributed by atoms with Gasteiger partial charge in [-0.1, -0.05) is 18.2 Å². The first-order chi connectivity index (χ1) is 13.1. The minimum Gasteiger partial charge on any atom is -0.368 e. The van der Waals surface area contributed by atoms with E-state index in [1.807, 2.05) is 35.7 Å². The number of carbonyl (C=O) groups is 2. The molecule has 5 nitrogen and oxygen atoms in total. The molecule has 0 spiro atoms. The van der Waals surface area contributed by atoms with Crippen molar-refractivity contribution in [2.45, 2.75) is 31.3 Å². The molecule has 1 unspecified atom stereocenters. The zero-order valence-corrected chi connectivity index (χ0v) is 17.3. The van der Waals surface area contributed by atoms with Crippen LogP contribution in [0.4, 0.5) is 5.69 Å². The van der Waals surface area contributed by atoms with E-state index >= 15 is 0 Å². The van der Waals surface area contributed by atoms with Gasteiger partial charge in [0.05, 0.1) is 10.6 Å². The van der Waals surface area contributed by atoms with Gasteiger partial charge >= 0.3 is 0 Å². The lowest BCUT2D eigenvalue weighted by molar-refractivity contribution is -0.125. The van der Waals surface area contributed by atoms with Crippen LogP contribution in [0.3, 0.4) is 0 Å². The van der Waals surface area contributed by atoms with E-state index in [0.717, 1.165) is 42.5 Å². The average Bonchev–Trinajstić information content (AvgIpc) is 3.42. The number of carbonyl (C=O) groups excluding carboxylic acids is 2. The van der Waals surface area contributed by atoms with Gasteiger partial charge in [0, 0.05) is 30.1 Å². The Morgan fingerprint density at radius 1 is 1.11 bits per heavy atom. The first-order valence-corrected chi connectivity index (χ1v) is 10.9. The number of para-hydroxylation sites is 1. The summed E-state index contributed by atoms with van der Waals surface area (Å²) in [6.07, 6.45) is 2.53. The van der Waals surface area contributed by atoms with Crippen molar-refractivity contribution >= 4 is 44.8 Å². The summed E-state index contributed by atoms with van der Waals surface area (Å²) in [5, 5.41) is 5.08. The fourth-order valence-electron chi connectivity index (χ4n) is 3.93. The highest BCUT2D eigenvalue weighted by Gasteiger charge is 2.36. The topological polar surface area (TPSA) is 52.7 Å². The predicted octanol–water partition coefficient (Wildman–Crippen LogP) is 3.51. The van der Waals surface area contributed by atoms with Crippen molar-refractivity contribution in [2.75, 3.05) is 24.5 Å². The van der Waals surface area contributed by atoms with Crippen LogP contribution < -0.4 is 10.2 Å². The van der Waals surface area contributed by atoms with Gasteiger partial charge < -0.3 is 15.1 Å². The van der Waals surface area contributed by atoms with Crippen molar-refractivity contribution < 1.29 is 9.59 Å². The molecule has 2 amide bonds. The molecule has 0 saturated carbocycles. The second-order valence-corrected chi connectivity index (χ2v) is 8.83. The predicted molar refractivity (Wildman–Crippen MR) is 111 cm³/mol. The van der Waals surface area contributed by atoms with Crippen molar-refractivity contribution in [3.8, 4) is 0 Å². The third-order valence-corrected chi connectivity index (χ3v) is 6.80. The van der Waals surface area contributed by atoms with Crippen molar-refractivity contribution in [2.24, 2.45) is 0 Å². The summed E-state index contributed by atoms with van der Waals surface area (Å²) in [4.78, 5) is 30.3. The third kappa shape index (κ3) is 3.89. The largest absolute Gasteiger partial charge is 0.368 e. The summed E-state index contributed by atoms with van der Waals surface area (Å²) in [5.41, 5.74) is 1.16. The molecule has 7 heteroatoms. The standard InChI is InChI=1S/C20H22BrN3O2S/c21-15-5-1-2-6-16(15)23-11-9-14(13-23)22-19(25)17-7-3-10-24(17)20(26)18-8-4-12-27-18/h1-2,4-6,8,12,14,17H,3,7,9-11,13H2,(H,22,25)/t14?,17-/m0/s1. The van der Waals surface area contributed by atoms with Crippen LogP contribution in [-0.2, 0) is 4.79 Å². The van der Waals surface area contributed by atoms with Crippen molar-refractivity contribution in [3.05, 3.63) is 51.1 Å². The van der Waals surface area contributed by atoms with Crippen LogP contribution in [0.15, 0.2) is 46.3 Å². The lowest BCUT2D eigenvalue weighted by atomic mass is 10.1. The average molecular weight is 448 g/mol. The number of anilines is 1. The van der Waals surface area contributed by atoms with Crippen molar-refractivity contribution in [3.63, 3.8) is 0 Å². The maximum absolute atomic E-state index is 12.9. The van der Waals surface area contributed by atoms with Crippen LogP contribution in [-0.4, -0.2) is 48.4 Å². The molecule has 2 aliphatic heterocycles. The van der Waals surface area contributed by atoms with Gasteiger partial charge in [0.15, 0.2) is 0 Å². The van der Waals surface area contributed by atoms with E-state index in [4.69, 9.17) is 0 Å². The van der Waals surface area contributed by atoms with Crippen LogP contribution in [0.1, 0.15) is 28.9 Å². The van der Waals surface area contributed by atoms with Gasteiger partial charge in [-0.05, 0) is 58.8 Å². The lowest BCUT2D eigenvalue weighted by Gasteiger charge is -2.25. The lowest BCUT2D eigenvalue weighted by Crippen LogP contribution is -2.49. The Hall–Kier alpha value is -1.86. The minimum absolute atomic E-state index is 0.0172. The Kier molecular flexibility index (Phi) is 5.50. The smallest absolute Gasteiger partial charge is 0.264 e. The number of amides is 2. The number of thiophene rings is 1. The maximum Gasteiger partial charge on any atom is 0.264 e. The van der Waals surface area contributed by atoms with Gasteiger partial charge in [0.1, 0.15) is 6.04 Å². The van der Waals surface area contributed by atoms with E-state index in [1.165, 1.54) is 11.3 Å². The van der Waals surface area contributed by atoms with E-state index < -0.39 is 0 Å². The summed E-state index contributed by atoms with van der Waals surface area (Å²) in [5.74, 6) is -0.0414. The van der Waals surface area contributed by atoms with Crippen LogP contribution >= 0.6 is 27.3 Å². The molecule has 1 N–H and O–H groups in total. The SMILES string of the molecule is O=C(NC1CCN(c2ccccc2Br)C1)[C@@H]1CCCN1C(=O)c1cccs1. The highest BCUT2D eigenvalue weighted by atomic mass is 79.9. The van der Waals surface area contributed by atoms with E-state index in [-0.39, 0.29) is 23.9 Å². The molecule has 0 radical (unpaired) electrons. The number of nitrogens with zero attached hydrogens (tertiary/aromatic N) is 2. The van der Waals surface area contributed by atoms with E-state index in [9.17, 15) is 9.59 Å². The number of likely N-dealkylation sites (tertiary alicyclic amines) is 1. The quantitative estimate of drug-likeness (QED) is 0.779. The molecular formula is C20H22BrN3O2S. The first kappa shape index (κ1) is 18.5. The molecule has 0 aliphatic carbocycles. The molecule has 2 saturated heterocycles. The number of nitrogens with one attached hydrogen (secondary N) is 1. The second-order valence-electron chi connectivity index (χ2n) is 7.03. The Morgan fingerprint density at radius 2 is 1.96 bits per heavy atom. The van der Waals surface area contributed by atoms with Crippen LogP contribution in [0.25, 0.3) is 0 Å². The molecule has 2 atom stereocenters. The van der Waals surface area contributed by atoms with Crippen molar-refractivity contribution in [1.82, 2.24) is 10.2 Å². The molecule has 2 aromatic rings. The van der Waals surface area contributed by atoms with Gasteiger partial charge in [-0.2, -0.15) is 0 Å². The highest BCUT2D eigenvalue weighted by Crippen LogP contribution is 2.29. The summed E-state index contributed by atoms with van der Waals surface area (Å²) >= 11 is 5.03. The molecule has 2 fully saturated rings. The Labute approximate surface area is 171 Å². The molecule has 1 aromatic carbocycles. The zero-order valence-electron chi connectivity index (χ0n) is 14.9. The van der Waals surface area contributed by atoms with Gasteiger partial charge in [0.25, 0.3) is 5.91 Å². The number of hydrogen-bond acceptors (Lipinski definition) is 4. The van der Waals surface area contributed by atoms with Crippen LogP contribution in [0.2, 0.25) is 0 Å². The first-order valence-electron chi connectivity index (χ1n) is 9.28. The minimum atomic E-state index is -0.350. The number of benzene rings is 1. The van der Waals surface area contributed by atoms with Gasteiger partial charge in [-0.3, -0.25) is 9.59 Å². The Bertz CT molecular complexity index is 826. The van der Waals surface area contributed by atoms with Gasteiger partial charge in [0.2, 0.25) is 5.91 Å². The molecule has 142 valence electrons.